The molecule has 1 heterocycles. The van der Waals surface area contributed by atoms with Gasteiger partial charge in [0.1, 0.15) is 12.4 Å². The molecule has 88 valence electrons. The van der Waals surface area contributed by atoms with Gasteiger partial charge in [-0.25, -0.2) is 0 Å². The van der Waals surface area contributed by atoms with Crippen LogP contribution in [-0.4, -0.2) is 4.98 Å². The average molecular weight is 227 g/mol. The Kier molecular flexibility index (Phi) is 3.43. The molecule has 0 atom stereocenters. The molecular weight excluding hydrogens is 210 g/mol. The van der Waals surface area contributed by atoms with Gasteiger partial charge in [0.05, 0.1) is 5.69 Å². The van der Waals surface area contributed by atoms with Gasteiger partial charge in [-0.1, -0.05) is 23.8 Å². The summed E-state index contributed by atoms with van der Waals surface area (Å²) in [6.07, 6.45) is 1.80. The fourth-order valence-electron chi connectivity index (χ4n) is 1.78. The average Bonchev–Trinajstić information content (AvgIpc) is 2.30. The zero-order chi connectivity index (χ0) is 12.3. The topological polar surface area (TPSA) is 22.1 Å². The quantitative estimate of drug-likeness (QED) is 0.799. The third-order valence-electron chi connectivity index (χ3n) is 2.81. The number of rotatable bonds is 3. The van der Waals surface area contributed by atoms with E-state index < -0.39 is 0 Å². The van der Waals surface area contributed by atoms with E-state index in [1.807, 2.05) is 25.1 Å². The van der Waals surface area contributed by atoms with Crippen molar-refractivity contribution in [3.63, 3.8) is 0 Å². The Morgan fingerprint density at radius 3 is 2.59 bits per heavy atom. The molecule has 0 bridgehead atoms. The van der Waals surface area contributed by atoms with Gasteiger partial charge in [-0.15, -0.1) is 0 Å². The third kappa shape index (κ3) is 2.84. The van der Waals surface area contributed by atoms with Gasteiger partial charge >= 0.3 is 0 Å². The highest BCUT2D eigenvalue weighted by molar-refractivity contribution is 5.35. The summed E-state index contributed by atoms with van der Waals surface area (Å²) in [5, 5.41) is 0. The molecule has 0 aliphatic rings. The summed E-state index contributed by atoms with van der Waals surface area (Å²) in [5.41, 5.74) is 4.58. The molecule has 0 aliphatic heterocycles. The number of nitrogens with zero attached hydrogens (tertiary/aromatic N) is 1. The van der Waals surface area contributed by atoms with Crippen molar-refractivity contribution in [2.45, 2.75) is 27.4 Å². The molecule has 0 fully saturated rings. The van der Waals surface area contributed by atoms with Crippen LogP contribution in [0.4, 0.5) is 0 Å². The lowest BCUT2D eigenvalue weighted by Gasteiger charge is -2.10. The Bertz CT molecular complexity index is 520. The summed E-state index contributed by atoms with van der Waals surface area (Å²) in [6, 6.07) is 10.2. The maximum atomic E-state index is 5.80. The van der Waals surface area contributed by atoms with Crippen LogP contribution < -0.4 is 4.74 Å². The van der Waals surface area contributed by atoms with Gasteiger partial charge in [0.15, 0.2) is 0 Å². The second kappa shape index (κ2) is 5.00. The second-order valence-electron chi connectivity index (χ2n) is 4.32. The molecule has 17 heavy (non-hydrogen) atoms. The predicted molar refractivity (Wildman–Crippen MR) is 69.2 cm³/mol. The van der Waals surface area contributed by atoms with Crippen LogP contribution in [0.2, 0.25) is 0 Å². The first-order chi connectivity index (χ1) is 8.16. The molecule has 0 N–H and O–H groups in total. The van der Waals surface area contributed by atoms with Crippen LogP contribution in [0.3, 0.4) is 0 Å². The highest BCUT2D eigenvalue weighted by Gasteiger charge is 2.02. The molecule has 1 aromatic heterocycles. The summed E-state index contributed by atoms with van der Waals surface area (Å²) in [5.74, 6) is 0.931. The van der Waals surface area contributed by atoms with Crippen molar-refractivity contribution in [3.8, 4) is 5.75 Å². The number of aromatic nitrogens is 1. The molecular formula is C15H17NO. The Balaban J connectivity index is 2.10. The van der Waals surface area contributed by atoms with Gasteiger partial charge < -0.3 is 4.74 Å². The van der Waals surface area contributed by atoms with Crippen molar-refractivity contribution < 1.29 is 4.74 Å². The number of hydrogen-bond acceptors (Lipinski definition) is 2. The number of hydrogen-bond donors (Lipinski definition) is 0. The lowest BCUT2D eigenvalue weighted by atomic mass is 10.1. The Morgan fingerprint density at radius 1 is 1.06 bits per heavy atom. The maximum absolute atomic E-state index is 5.80. The van der Waals surface area contributed by atoms with E-state index in [1.165, 1.54) is 11.1 Å². The molecule has 0 saturated heterocycles. The molecule has 2 rings (SSSR count). The van der Waals surface area contributed by atoms with Crippen LogP contribution in [0.1, 0.15) is 22.4 Å². The molecule has 0 radical (unpaired) electrons. The van der Waals surface area contributed by atoms with Crippen molar-refractivity contribution in [1.29, 1.82) is 0 Å². The number of aryl methyl sites for hydroxylation is 3. The van der Waals surface area contributed by atoms with Crippen LogP contribution in [0.5, 0.6) is 5.75 Å². The minimum atomic E-state index is 0.524. The monoisotopic (exact) mass is 227 g/mol. The van der Waals surface area contributed by atoms with Crippen molar-refractivity contribution >= 4 is 0 Å². The van der Waals surface area contributed by atoms with E-state index in [2.05, 4.69) is 31.0 Å². The highest BCUT2D eigenvalue weighted by atomic mass is 16.5. The maximum Gasteiger partial charge on any atom is 0.130 e. The van der Waals surface area contributed by atoms with Crippen molar-refractivity contribution in [1.82, 2.24) is 4.98 Å². The lowest BCUT2D eigenvalue weighted by molar-refractivity contribution is 0.298. The smallest absolute Gasteiger partial charge is 0.130 e. The fraction of sp³-hybridized carbons (Fsp3) is 0.267. The van der Waals surface area contributed by atoms with E-state index in [4.69, 9.17) is 4.74 Å². The van der Waals surface area contributed by atoms with Crippen molar-refractivity contribution in [2.75, 3.05) is 0 Å². The molecule has 0 aliphatic carbocycles. The van der Waals surface area contributed by atoms with Crippen molar-refractivity contribution in [2.24, 2.45) is 0 Å². The predicted octanol–water partition coefficient (Wildman–Crippen LogP) is 3.59. The van der Waals surface area contributed by atoms with E-state index in [9.17, 15) is 0 Å². The van der Waals surface area contributed by atoms with E-state index in [1.54, 1.807) is 6.20 Å². The molecule has 2 nitrogen and oxygen atoms in total. The molecule has 0 saturated carbocycles. The molecule has 2 aromatic rings. The molecule has 0 amide bonds. The number of pyridine rings is 1. The first kappa shape index (κ1) is 11.6. The second-order valence-corrected chi connectivity index (χ2v) is 4.32. The van der Waals surface area contributed by atoms with Crippen LogP contribution in [-0.2, 0) is 6.61 Å². The zero-order valence-electron chi connectivity index (χ0n) is 10.5. The number of ether oxygens (including phenoxy) is 1. The first-order valence-corrected chi connectivity index (χ1v) is 5.77. The van der Waals surface area contributed by atoms with E-state index in [-0.39, 0.29) is 0 Å². The van der Waals surface area contributed by atoms with Gasteiger partial charge in [0.25, 0.3) is 0 Å². The van der Waals surface area contributed by atoms with Crippen LogP contribution in [0.15, 0.2) is 36.5 Å². The SMILES string of the molecule is Cc1ccc(OCc2ncccc2C)c(C)c1. The normalized spacial score (nSPS) is 10.3. The van der Waals surface area contributed by atoms with E-state index >= 15 is 0 Å². The summed E-state index contributed by atoms with van der Waals surface area (Å²) in [6.45, 7) is 6.72. The Labute approximate surface area is 102 Å². The molecule has 1 aromatic carbocycles. The largest absolute Gasteiger partial charge is 0.487 e. The summed E-state index contributed by atoms with van der Waals surface area (Å²) >= 11 is 0. The van der Waals surface area contributed by atoms with Gasteiger partial charge in [0.2, 0.25) is 0 Å². The van der Waals surface area contributed by atoms with Crippen LogP contribution in [0.25, 0.3) is 0 Å². The minimum Gasteiger partial charge on any atom is -0.487 e. The standard InChI is InChI=1S/C15H17NO/c1-11-6-7-15(13(3)9-11)17-10-14-12(2)5-4-8-16-14/h4-9H,10H2,1-3H3. The number of benzene rings is 1. The van der Waals surface area contributed by atoms with Gasteiger partial charge in [-0.2, -0.15) is 0 Å². The minimum absolute atomic E-state index is 0.524. The van der Waals surface area contributed by atoms with Gasteiger partial charge in [0, 0.05) is 6.20 Å². The van der Waals surface area contributed by atoms with Crippen molar-refractivity contribution in [3.05, 3.63) is 58.9 Å². The van der Waals surface area contributed by atoms with E-state index in [0.717, 1.165) is 17.0 Å². The molecule has 2 heteroatoms. The summed E-state index contributed by atoms with van der Waals surface area (Å²) in [7, 11) is 0. The van der Waals surface area contributed by atoms with Crippen LogP contribution in [0, 0.1) is 20.8 Å². The first-order valence-electron chi connectivity index (χ1n) is 5.77. The van der Waals surface area contributed by atoms with E-state index in [0.29, 0.717) is 6.61 Å². The Hall–Kier alpha value is -1.83. The third-order valence-corrected chi connectivity index (χ3v) is 2.81. The summed E-state index contributed by atoms with van der Waals surface area (Å²) < 4.78 is 5.80. The van der Waals surface area contributed by atoms with Crippen LogP contribution >= 0.6 is 0 Å². The molecule has 0 unspecified atom stereocenters. The fourth-order valence-corrected chi connectivity index (χ4v) is 1.78. The summed E-state index contributed by atoms with van der Waals surface area (Å²) in [4.78, 5) is 4.32. The lowest BCUT2D eigenvalue weighted by Crippen LogP contribution is -2.01. The molecule has 0 spiro atoms. The Morgan fingerprint density at radius 2 is 1.88 bits per heavy atom. The highest BCUT2D eigenvalue weighted by Crippen LogP contribution is 2.20. The van der Waals surface area contributed by atoms with Gasteiger partial charge in [-0.05, 0) is 44.0 Å². The van der Waals surface area contributed by atoms with Gasteiger partial charge in [-0.3, -0.25) is 4.98 Å². The zero-order valence-corrected chi connectivity index (χ0v) is 10.5.